The van der Waals surface area contributed by atoms with E-state index in [1.165, 1.54) is 0 Å². The lowest BCUT2D eigenvalue weighted by Crippen LogP contribution is -2.06. The summed E-state index contributed by atoms with van der Waals surface area (Å²) in [5, 5.41) is 2.88. The molecule has 100 valence electrons. The van der Waals surface area contributed by atoms with E-state index in [-0.39, 0.29) is 12.6 Å². The summed E-state index contributed by atoms with van der Waals surface area (Å²) in [5.41, 5.74) is 8.21. The van der Waals surface area contributed by atoms with Gasteiger partial charge in [0.05, 0.1) is 10.7 Å². The highest BCUT2D eigenvalue weighted by molar-refractivity contribution is 7.09. The Morgan fingerprint density at radius 3 is 2.74 bits per heavy atom. The van der Waals surface area contributed by atoms with Gasteiger partial charge in [-0.2, -0.15) is 0 Å². The van der Waals surface area contributed by atoms with Gasteiger partial charge in [0.15, 0.2) is 0 Å². The van der Waals surface area contributed by atoms with Crippen LogP contribution in [0.1, 0.15) is 22.7 Å². The highest BCUT2D eigenvalue weighted by Crippen LogP contribution is 2.11. The van der Waals surface area contributed by atoms with Crippen LogP contribution in [0.2, 0.25) is 0 Å². The zero-order valence-corrected chi connectivity index (χ0v) is 11.6. The van der Waals surface area contributed by atoms with E-state index in [1.807, 2.05) is 36.6 Å². The number of thiazole rings is 1. The Kier molecular flexibility index (Phi) is 4.52. The smallest absolute Gasteiger partial charge is 0.306 e. The van der Waals surface area contributed by atoms with E-state index in [4.69, 9.17) is 10.5 Å². The molecule has 0 aliphatic carbocycles. The average Bonchev–Trinajstić information content (AvgIpc) is 2.81. The maximum Gasteiger partial charge on any atom is 0.306 e. The summed E-state index contributed by atoms with van der Waals surface area (Å²) >= 11 is 1.55. The Labute approximate surface area is 116 Å². The van der Waals surface area contributed by atoms with Gasteiger partial charge in [0.2, 0.25) is 0 Å². The second-order valence-corrected chi connectivity index (χ2v) is 5.32. The molecule has 2 N–H and O–H groups in total. The number of ether oxygens (including phenoxy) is 1. The Balaban J connectivity index is 1.74. The molecule has 1 aromatic carbocycles. The summed E-state index contributed by atoms with van der Waals surface area (Å²) in [4.78, 5) is 15.8. The number of nitrogens with zero attached hydrogens (tertiary/aromatic N) is 1. The fraction of sp³-hybridized carbons (Fsp3) is 0.286. The number of nitrogens with two attached hydrogens (primary N) is 1. The van der Waals surface area contributed by atoms with Gasteiger partial charge in [0, 0.05) is 17.5 Å². The topological polar surface area (TPSA) is 65.2 Å². The van der Waals surface area contributed by atoms with Crippen molar-refractivity contribution in [1.29, 1.82) is 0 Å². The molecule has 0 aliphatic heterocycles. The molecule has 0 saturated heterocycles. The van der Waals surface area contributed by atoms with Crippen LogP contribution in [-0.2, 0) is 22.6 Å². The number of carbonyl (C=O) groups excluding carboxylic acids is 1. The van der Waals surface area contributed by atoms with Crippen LogP contribution in [0.5, 0.6) is 0 Å². The molecule has 0 unspecified atom stereocenters. The number of rotatable bonds is 5. The van der Waals surface area contributed by atoms with E-state index in [9.17, 15) is 4.79 Å². The number of anilines is 1. The molecule has 5 heteroatoms. The molecule has 4 nitrogen and oxygen atoms in total. The number of aromatic nitrogens is 1. The molecule has 0 bridgehead atoms. The van der Waals surface area contributed by atoms with Crippen molar-refractivity contribution in [2.24, 2.45) is 0 Å². The summed E-state index contributed by atoms with van der Waals surface area (Å²) in [5.74, 6) is -0.206. The number of hydrogen-bond acceptors (Lipinski definition) is 5. The number of nitrogen functional groups attached to an aromatic ring is 1. The SMILES string of the molecule is Cc1nc(COC(=O)CCc2ccc(N)cc2)cs1. The lowest BCUT2D eigenvalue weighted by Gasteiger charge is -2.03. The second kappa shape index (κ2) is 6.33. The first-order valence-electron chi connectivity index (χ1n) is 6.04. The van der Waals surface area contributed by atoms with Crippen molar-refractivity contribution < 1.29 is 9.53 Å². The lowest BCUT2D eigenvalue weighted by atomic mass is 10.1. The monoisotopic (exact) mass is 276 g/mol. The number of aryl methyl sites for hydroxylation is 2. The van der Waals surface area contributed by atoms with Crippen LogP contribution in [0.4, 0.5) is 5.69 Å². The molecule has 0 radical (unpaired) electrons. The predicted molar refractivity (Wildman–Crippen MR) is 75.8 cm³/mol. The number of benzene rings is 1. The van der Waals surface area contributed by atoms with Gasteiger partial charge >= 0.3 is 5.97 Å². The van der Waals surface area contributed by atoms with Gasteiger partial charge in [-0.05, 0) is 31.0 Å². The fourth-order valence-corrected chi connectivity index (χ4v) is 2.23. The Morgan fingerprint density at radius 1 is 1.37 bits per heavy atom. The van der Waals surface area contributed by atoms with Crippen molar-refractivity contribution in [2.45, 2.75) is 26.4 Å². The molecule has 0 fully saturated rings. The molecule has 2 aromatic rings. The summed E-state index contributed by atoms with van der Waals surface area (Å²) < 4.78 is 5.17. The van der Waals surface area contributed by atoms with Crippen LogP contribution >= 0.6 is 11.3 Å². The van der Waals surface area contributed by atoms with Crippen molar-refractivity contribution in [3.05, 3.63) is 45.9 Å². The molecule has 0 aliphatic rings. The minimum Gasteiger partial charge on any atom is -0.459 e. The van der Waals surface area contributed by atoms with E-state index in [0.717, 1.165) is 22.0 Å². The fourth-order valence-electron chi connectivity index (χ4n) is 1.63. The lowest BCUT2D eigenvalue weighted by molar-refractivity contribution is -0.145. The first-order valence-corrected chi connectivity index (χ1v) is 6.92. The number of esters is 1. The Morgan fingerprint density at radius 2 is 2.11 bits per heavy atom. The molecular formula is C14H16N2O2S. The largest absolute Gasteiger partial charge is 0.459 e. The van der Waals surface area contributed by atoms with Crippen molar-refractivity contribution >= 4 is 23.0 Å². The van der Waals surface area contributed by atoms with Crippen molar-refractivity contribution in [2.75, 3.05) is 5.73 Å². The normalized spacial score (nSPS) is 10.4. The Hall–Kier alpha value is -1.88. The van der Waals surface area contributed by atoms with E-state index >= 15 is 0 Å². The Bertz CT molecular complexity index is 549. The zero-order valence-electron chi connectivity index (χ0n) is 10.8. The minimum atomic E-state index is -0.206. The van der Waals surface area contributed by atoms with Crippen LogP contribution in [0, 0.1) is 6.92 Å². The van der Waals surface area contributed by atoms with E-state index < -0.39 is 0 Å². The van der Waals surface area contributed by atoms with E-state index in [2.05, 4.69) is 4.98 Å². The molecule has 0 spiro atoms. The van der Waals surface area contributed by atoms with Crippen LogP contribution in [-0.4, -0.2) is 11.0 Å². The highest BCUT2D eigenvalue weighted by atomic mass is 32.1. The quantitative estimate of drug-likeness (QED) is 0.673. The standard InChI is InChI=1S/C14H16N2O2S/c1-10-16-13(9-19-10)8-18-14(17)7-4-11-2-5-12(15)6-3-11/h2-3,5-6,9H,4,7-8,15H2,1H3. The minimum absolute atomic E-state index is 0.206. The van der Waals surface area contributed by atoms with E-state index in [0.29, 0.717) is 12.8 Å². The van der Waals surface area contributed by atoms with Crippen LogP contribution < -0.4 is 5.73 Å². The maximum absolute atomic E-state index is 11.6. The molecular weight excluding hydrogens is 260 g/mol. The van der Waals surface area contributed by atoms with Crippen molar-refractivity contribution in [3.8, 4) is 0 Å². The van der Waals surface area contributed by atoms with E-state index in [1.54, 1.807) is 11.3 Å². The third kappa shape index (κ3) is 4.37. The maximum atomic E-state index is 11.6. The third-order valence-corrected chi connectivity index (χ3v) is 3.47. The van der Waals surface area contributed by atoms with Crippen LogP contribution in [0.25, 0.3) is 0 Å². The van der Waals surface area contributed by atoms with Crippen molar-refractivity contribution in [1.82, 2.24) is 4.98 Å². The third-order valence-electron chi connectivity index (χ3n) is 2.65. The summed E-state index contributed by atoms with van der Waals surface area (Å²) in [7, 11) is 0. The molecule has 0 saturated carbocycles. The molecule has 0 amide bonds. The number of carbonyl (C=O) groups is 1. The first-order chi connectivity index (χ1) is 9.13. The van der Waals surface area contributed by atoms with Gasteiger partial charge in [-0.25, -0.2) is 4.98 Å². The first kappa shape index (κ1) is 13.5. The van der Waals surface area contributed by atoms with Gasteiger partial charge in [-0.15, -0.1) is 11.3 Å². The van der Waals surface area contributed by atoms with Gasteiger partial charge in [0.25, 0.3) is 0 Å². The highest BCUT2D eigenvalue weighted by Gasteiger charge is 2.06. The van der Waals surface area contributed by atoms with Gasteiger partial charge in [-0.3, -0.25) is 4.79 Å². The molecule has 0 atom stereocenters. The average molecular weight is 276 g/mol. The summed E-state index contributed by atoms with van der Waals surface area (Å²) in [6, 6.07) is 7.51. The van der Waals surface area contributed by atoms with Crippen molar-refractivity contribution in [3.63, 3.8) is 0 Å². The second-order valence-electron chi connectivity index (χ2n) is 4.26. The predicted octanol–water partition coefficient (Wildman–Crippen LogP) is 2.71. The molecule has 1 aromatic heterocycles. The molecule has 1 heterocycles. The number of hydrogen-bond donors (Lipinski definition) is 1. The summed E-state index contributed by atoms with van der Waals surface area (Å²) in [6.07, 6.45) is 1.03. The van der Waals surface area contributed by atoms with Crippen LogP contribution in [0.3, 0.4) is 0 Å². The molecule has 2 rings (SSSR count). The van der Waals surface area contributed by atoms with Gasteiger partial charge in [0.1, 0.15) is 6.61 Å². The summed E-state index contributed by atoms with van der Waals surface area (Å²) in [6.45, 7) is 2.18. The van der Waals surface area contributed by atoms with Gasteiger partial charge < -0.3 is 10.5 Å². The van der Waals surface area contributed by atoms with Crippen LogP contribution in [0.15, 0.2) is 29.6 Å². The molecule has 19 heavy (non-hydrogen) atoms. The zero-order chi connectivity index (χ0) is 13.7. The van der Waals surface area contributed by atoms with Gasteiger partial charge in [-0.1, -0.05) is 12.1 Å².